The molecular formula is C18H32O3. The summed E-state index contributed by atoms with van der Waals surface area (Å²) in [6, 6.07) is 0. The van der Waals surface area contributed by atoms with E-state index in [1.807, 2.05) is 0 Å². The number of epoxide rings is 1. The monoisotopic (exact) mass is 296 g/mol. The van der Waals surface area contributed by atoms with E-state index in [4.69, 9.17) is 9.84 Å². The van der Waals surface area contributed by atoms with Gasteiger partial charge in [-0.15, -0.1) is 0 Å². The molecule has 1 aliphatic heterocycles. The minimum Gasteiger partial charge on any atom is -0.481 e. The standard InChI is InChI=1S/C18H32O3/c1-2-3-4-5-7-10-13-16-17(21-16)14-11-8-6-9-12-15-18(19)20/h8,11,16-17H,2-7,9-10,12-15H2,1H3,(H,19,20)/b11-8-/t16-,17+/m1/s1. The van der Waals surface area contributed by atoms with Gasteiger partial charge in [0.2, 0.25) is 0 Å². The number of carboxylic acid groups (broad SMARTS) is 1. The van der Waals surface area contributed by atoms with Crippen LogP contribution in [0.15, 0.2) is 12.2 Å². The van der Waals surface area contributed by atoms with Crippen molar-refractivity contribution in [1.82, 2.24) is 0 Å². The Kier molecular flexibility index (Phi) is 10.2. The summed E-state index contributed by atoms with van der Waals surface area (Å²) in [4.78, 5) is 10.3. The highest BCUT2D eigenvalue weighted by atomic mass is 16.6. The van der Waals surface area contributed by atoms with Crippen molar-refractivity contribution in [1.29, 1.82) is 0 Å². The molecule has 2 atom stereocenters. The topological polar surface area (TPSA) is 49.8 Å². The molecule has 0 saturated carbocycles. The van der Waals surface area contributed by atoms with Crippen LogP contribution in [0.5, 0.6) is 0 Å². The second-order valence-electron chi connectivity index (χ2n) is 6.12. The molecule has 0 aromatic heterocycles. The van der Waals surface area contributed by atoms with Crippen LogP contribution in [0, 0.1) is 0 Å². The summed E-state index contributed by atoms with van der Waals surface area (Å²) in [5, 5.41) is 8.52. The zero-order valence-electron chi connectivity index (χ0n) is 13.6. The van der Waals surface area contributed by atoms with E-state index in [9.17, 15) is 4.79 Å². The number of unbranched alkanes of at least 4 members (excludes halogenated alkanes) is 7. The lowest BCUT2D eigenvalue weighted by atomic mass is 10.1. The van der Waals surface area contributed by atoms with Gasteiger partial charge in [-0.25, -0.2) is 0 Å². The molecule has 0 spiro atoms. The Morgan fingerprint density at radius 1 is 1.00 bits per heavy atom. The van der Waals surface area contributed by atoms with E-state index in [1.54, 1.807) is 0 Å². The number of ether oxygens (including phenoxy) is 1. The maximum Gasteiger partial charge on any atom is 0.303 e. The van der Waals surface area contributed by atoms with Crippen molar-refractivity contribution in [3.63, 3.8) is 0 Å². The molecule has 0 unspecified atom stereocenters. The first-order valence-corrected chi connectivity index (χ1v) is 8.76. The molecule has 1 aliphatic rings. The second-order valence-corrected chi connectivity index (χ2v) is 6.12. The summed E-state index contributed by atoms with van der Waals surface area (Å²) in [7, 11) is 0. The largest absolute Gasteiger partial charge is 0.481 e. The fraction of sp³-hybridized carbons (Fsp3) is 0.833. The van der Waals surface area contributed by atoms with E-state index in [-0.39, 0.29) is 0 Å². The number of hydrogen-bond acceptors (Lipinski definition) is 2. The Hall–Kier alpha value is -0.830. The Morgan fingerprint density at radius 2 is 1.76 bits per heavy atom. The molecule has 3 nitrogen and oxygen atoms in total. The lowest BCUT2D eigenvalue weighted by Gasteiger charge is -1.98. The molecule has 0 aliphatic carbocycles. The molecule has 1 heterocycles. The molecule has 1 saturated heterocycles. The van der Waals surface area contributed by atoms with Gasteiger partial charge in [-0.2, -0.15) is 0 Å². The third-order valence-electron chi connectivity index (χ3n) is 4.08. The number of carboxylic acids is 1. The van der Waals surface area contributed by atoms with Crippen LogP contribution in [0.25, 0.3) is 0 Å². The van der Waals surface area contributed by atoms with Gasteiger partial charge in [0.15, 0.2) is 0 Å². The first-order valence-electron chi connectivity index (χ1n) is 8.76. The molecule has 0 aromatic carbocycles. The van der Waals surface area contributed by atoms with Gasteiger partial charge in [-0.3, -0.25) is 4.79 Å². The minimum absolute atomic E-state index is 0.292. The van der Waals surface area contributed by atoms with Crippen LogP contribution in [0.3, 0.4) is 0 Å². The number of carbonyl (C=O) groups is 1. The van der Waals surface area contributed by atoms with E-state index < -0.39 is 5.97 Å². The van der Waals surface area contributed by atoms with Crippen molar-refractivity contribution in [3.05, 3.63) is 12.2 Å². The van der Waals surface area contributed by atoms with E-state index in [1.165, 1.54) is 44.9 Å². The lowest BCUT2D eigenvalue weighted by Crippen LogP contribution is -1.93. The zero-order chi connectivity index (χ0) is 15.3. The fourth-order valence-corrected chi connectivity index (χ4v) is 2.65. The molecule has 122 valence electrons. The van der Waals surface area contributed by atoms with E-state index in [0.717, 1.165) is 25.7 Å². The van der Waals surface area contributed by atoms with Crippen LogP contribution in [-0.2, 0) is 9.53 Å². The molecule has 21 heavy (non-hydrogen) atoms. The maximum absolute atomic E-state index is 10.3. The summed E-state index contributed by atoms with van der Waals surface area (Å²) < 4.78 is 5.67. The van der Waals surface area contributed by atoms with E-state index in [2.05, 4.69) is 19.1 Å². The lowest BCUT2D eigenvalue weighted by molar-refractivity contribution is -0.137. The third kappa shape index (κ3) is 10.5. The number of hydrogen-bond donors (Lipinski definition) is 1. The molecule has 1 rings (SSSR count). The Bertz CT molecular complexity index is 299. The zero-order valence-corrected chi connectivity index (χ0v) is 13.6. The summed E-state index contributed by atoms with van der Waals surface area (Å²) in [5.74, 6) is -0.692. The molecule has 0 aromatic rings. The average molecular weight is 296 g/mol. The fourth-order valence-electron chi connectivity index (χ4n) is 2.65. The molecule has 1 fully saturated rings. The van der Waals surface area contributed by atoms with Crippen LogP contribution in [0.1, 0.15) is 84.0 Å². The highest BCUT2D eigenvalue weighted by molar-refractivity contribution is 5.66. The first-order chi connectivity index (χ1) is 10.2. The van der Waals surface area contributed by atoms with E-state index >= 15 is 0 Å². The Balaban J connectivity index is 1.84. The molecule has 3 heteroatoms. The Morgan fingerprint density at radius 3 is 2.52 bits per heavy atom. The van der Waals surface area contributed by atoms with Crippen molar-refractivity contribution < 1.29 is 14.6 Å². The van der Waals surface area contributed by atoms with Crippen LogP contribution >= 0.6 is 0 Å². The smallest absolute Gasteiger partial charge is 0.303 e. The van der Waals surface area contributed by atoms with Gasteiger partial charge in [0.05, 0.1) is 12.2 Å². The van der Waals surface area contributed by atoms with Crippen LogP contribution < -0.4 is 0 Å². The van der Waals surface area contributed by atoms with Gasteiger partial charge < -0.3 is 9.84 Å². The van der Waals surface area contributed by atoms with E-state index in [0.29, 0.717) is 18.6 Å². The first kappa shape index (κ1) is 18.2. The molecule has 0 bridgehead atoms. The van der Waals surface area contributed by atoms with Crippen LogP contribution in [0.2, 0.25) is 0 Å². The third-order valence-corrected chi connectivity index (χ3v) is 4.08. The van der Waals surface area contributed by atoms with Gasteiger partial charge in [0, 0.05) is 6.42 Å². The highest BCUT2D eigenvalue weighted by Gasteiger charge is 2.36. The van der Waals surface area contributed by atoms with Gasteiger partial charge in [0.25, 0.3) is 0 Å². The highest BCUT2D eigenvalue weighted by Crippen LogP contribution is 2.30. The maximum atomic E-state index is 10.3. The quantitative estimate of drug-likeness (QED) is 0.276. The molecule has 0 radical (unpaired) electrons. The summed E-state index contributed by atoms with van der Waals surface area (Å²) in [5.41, 5.74) is 0. The normalized spacial score (nSPS) is 21.0. The van der Waals surface area contributed by atoms with Crippen molar-refractivity contribution >= 4 is 5.97 Å². The average Bonchev–Trinajstić information content (AvgIpc) is 3.20. The van der Waals surface area contributed by atoms with Crippen LogP contribution in [0.4, 0.5) is 0 Å². The predicted molar refractivity (Wildman–Crippen MR) is 86.5 cm³/mol. The van der Waals surface area contributed by atoms with Crippen molar-refractivity contribution in [3.8, 4) is 0 Å². The molecule has 1 N–H and O–H groups in total. The summed E-state index contributed by atoms with van der Waals surface area (Å²) in [6.07, 6.45) is 18.7. The minimum atomic E-state index is -0.692. The number of aliphatic carboxylic acids is 1. The summed E-state index contributed by atoms with van der Waals surface area (Å²) in [6.45, 7) is 2.25. The number of rotatable bonds is 14. The van der Waals surface area contributed by atoms with Crippen molar-refractivity contribution in [2.75, 3.05) is 0 Å². The van der Waals surface area contributed by atoms with Gasteiger partial charge in [-0.05, 0) is 32.1 Å². The molecule has 0 amide bonds. The summed E-state index contributed by atoms with van der Waals surface area (Å²) >= 11 is 0. The predicted octanol–water partition coefficient (Wildman–Crippen LogP) is 5.10. The molecular weight excluding hydrogens is 264 g/mol. The van der Waals surface area contributed by atoms with Crippen molar-refractivity contribution in [2.45, 2.75) is 96.2 Å². The van der Waals surface area contributed by atoms with Crippen molar-refractivity contribution in [2.24, 2.45) is 0 Å². The van der Waals surface area contributed by atoms with Crippen LogP contribution in [-0.4, -0.2) is 23.3 Å². The Labute approximate surface area is 129 Å². The SMILES string of the molecule is CCCCCCCC[C@H]1O[C@H]1C/C=C\CCCCC(=O)O. The number of allylic oxidation sites excluding steroid dienone is 1. The second kappa shape index (κ2) is 11.8. The van der Waals surface area contributed by atoms with Gasteiger partial charge in [-0.1, -0.05) is 57.6 Å². The van der Waals surface area contributed by atoms with Gasteiger partial charge in [0.1, 0.15) is 0 Å². The van der Waals surface area contributed by atoms with Gasteiger partial charge >= 0.3 is 5.97 Å².